The first-order chi connectivity index (χ1) is 28.2. The molecule has 6 N–H and O–H groups in total. The van der Waals surface area contributed by atoms with Crippen LogP contribution in [0.25, 0.3) is 11.0 Å². The van der Waals surface area contributed by atoms with Crippen molar-refractivity contribution in [1.29, 1.82) is 0 Å². The van der Waals surface area contributed by atoms with Crippen LogP contribution >= 0.6 is 0 Å². The summed E-state index contributed by atoms with van der Waals surface area (Å²) in [6, 6.07) is 18.3. The zero-order chi connectivity index (χ0) is 43.4. The number of carbonyl (C=O) groups is 6. The third-order valence-electron chi connectivity index (χ3n) is 8.48. The Bertz CT molecular complexity index is 2050. The van der Waals surface area contributed by atoms with Gasteiger partial charge in [0.25, 0.3) is 5.91 Å². The van der Waals surface area contributed by atoms with Gasteiger partial charge in [-0.1, -0.05) is 44.4 Å². The number of hydrogen-bond acceptors (Lipinski definition) is 13. The number of hydrazone groups is 1. The van der Waals surface area contributed by atoms with Gasteiger partial charge in [0.15, 0.2) is 5.60 Å². The highest BCUT2D eigenvalue weighted by molar-refractivity contribution is 6.07. The van der Waals surface area contributed by atoms with E-state index < -0.39 is 42.4 Å². The van der Waals surface area contributed by atoms with Crippen LogP contribution in [0.4, 0.5) is 16.3 Å². The van der Waals surface area contributed by atoms with Crippen LogP contribution in [-0.2, 0) is 42.2 Å². The van der Waals surface area contributed by atoms with Crippen molar-refractivity contribution in [2.45, 2.75) is 70.9 Å². The van der Waals surface area contributed by atoms with E-state index in [2.05, 4.69) is 27.8 Å². The zero-order valence-corrected chi connectivity index (χ0v) is 33.0. The van der Waals surface area contributed by atoms with Crippen LogP contribution in [0.1, 0.15) is 80.5 Å². The van der Waals surface area contributed by atoms with E-state index in [0.717, 1.165) is 48.3 Å². The van der Waals surface area contributed by atoms with E-state index in [4.69, 9.17) is 34.9 Å². The number of benzene rings is 2. The molecule has 0 unspecified atom stereocenters. The number of ether oxygens (including phenoxy) is 2. The van der Waals surface area contributed by atoms with Crippen molar-refractivity contribution in [1.82, 2.24) is 20.0 Å². The van der Waals surface area contributed by atoms with Crippen LogP contribution in [0.3, 0.4) is 0 Å². The molecule has 0 aliphatic carbocycles. The summed E-state index contributed by atoms with van der Waals surface area (Å²) in [5.41, 5.74) is 3.33. The van der Waals surface area contributed by atoms with Gasteiger partial charge in [0, 0.05) is 31.0 Å². The van der Waals surface area contributed by atoms with Crippen molar-refractivity contribution in [3.63, 3.8) is 0 Å². The molecule has 2 aromatic heterocycles. The van der Waals surface area contributed by atoms with E-state index in [1.54, 1.807) is 49.7 Å². The highest BCUT2D eigenvalue weighted by atomic mass is 16.6. The molecular formula is C40H49N7O12. The Morgan fingerprint density at radius 2 is 1.63 bits per heavy atom. The average molecular weight is 820 g/mol. The summed E-state index contributed by atoms with van der Waals surface area (Å²) in [6.45, 7) is 5.13. The number of nitrogens with zero attached hydrogens (tertiary/aromatic N) is 5. The van der Waals surface area contributed by atoms with E-state index in [1.807, 2.05) is 41.9 Å². The lowest BCUT2D eigenvalue weighted by atomic mass is 9.96. The predicted molar refractivity (Wildman–Crippen MR) is 215 cm³/mol. The van der Waals surface area contributed by atoms with Crippen molar-refractivity contribution >= 4 is 64.6 Å². The molecule has 2 heterocycles. The lowest BCUT2D eigenvalue weighted by molar-refractivity contribution is -0.170. The SMILES string of the molecule is CCCCCCOC(=O)NN=Cc1ccc(NCc2nc3cc(C(=O)N(CCC(=O)OCC)c4ccccn4)ccc3n2C)cc1.O=C(O)CC(O)(CC(=O)O)C(=O)O. The van der Waals surface area contributed by atoms with Gasteiger partial charge < -0.3 is 39.8 Å². The number of amides is 2. The molecule has 316 valence electrons. The zero-order valence-electron chi connectivity index (χ0n) is 33.0. The van der Waals surface area contributed by atoms with E-state index in [9.17, 15) is 28.8 Å². The molecule has 0 fully saturated rings. The summed E-state index contributed by atoms with van der Waals surface area (Å²) in [4.78, 5) is 78.4. The first-order valence-corrected chi connectivity index (χ1v) is 18.7. The van der Waals surface area contributed by atoms with Crippen LogP contribution in [-0.4, -0.2) is 102 Å². The molecule has 4 rings (SSSR count). The van der Waals surface area contributed by atoms with Gasteiger partial charge in [-0.05, 0) is 61.4 Å². The van der Waals surface area contributed by atoms with Gasteiger partial charge in [0.2, 0.25) is 0 Å². The van der Waals surface area contributed by atoms with E-state index in [1.165, 1.54) is 4.90 Å². The average Bonchev–Trinajstić information content (AvgIpc) is 3.51. The van der Waals surface area contributed by atoms with Crippen molar-refractivity contribution in [3.05, 3.63) is 83.8 Å². The topological polar surface area (TPSA) is 272 Å². The number of esters is 1. The first kappa shape index (κ1) is 46.5. The highest BCUT2D eigenvalue weighted by Crippen LogP contribution is 2.22. The van der Waals surface area contributed by atoms with Crippen LogP contribution in [0.15, 0.2) is 72.0 Å². The second-order valence-corrected chi connectivity index (χ2v) is 13.0. The Morgan fingerprint density at radius 1 is 0.915 bits per heavy atom. The maximum absolute atomic E-state index is 13.6. The molecule has 0 saturated heterocycles. The third kappa shape index (κ3) is 15.2. The minimum Gasteiger partial charge on any atom is -0.481 e. The second-order valence-electron chi connectivity index (χ2n) is 13.0. The number of fused-ring (bicyclic) bond motifs is 1. The smallest absolute Gasteiger partial charge is 0.427 e. The summed E-state index contributed by atoms with van der Waals surface area (Å²) >= 11 is 0. The van der Waals surface area contributed by atoms with Crippen LogP contribution in [0, 0.1) is 0 Å². The van der Waals surface area contributed by atoms with Gasteiger partial charge in [-0.3, -0.25) is 24.1 Å². The van der Waals surface area contributed by atoms with Gasteiger partial charge in [-0.15, -0.1) is 0 Å². The lowest BCUT2D eigenvalue weighted by Crippen LogP contribution is -2.42. The number of aromatic nitrogens is 3. The number of unbranched alkanes of at least 4 members (excludes halogenated alkanes) is 3. The number of carboxylic acid groups (broad SMARTS) is 3. The van der Waals surface area contributed by atoms with E-state index in [0.29, 0.717) is 30.0 Å². The Labute approximate surface area is 339 Å². The van der Waals surface area contributed by atoms with Gasteiger partial charge >= 0.3 is 30.0 Å². The second kappa shape index (κ2) is 23.4. The number of nitrogens with one attached hydrogen (secondary N) is 2. The molecule has 19 heteroatoms. The molecule has 0 radical (unpaired) electrons. The number of aliphatic hydroxyl groups is 1. The fourth-order valence-corrected chi connectivity index (χ4v) is 5.43. The lowest BCUT2D eigenvalue weighted by Gasteiger charge is -2.21. The fourth-order valence-electron chi connectivity index (χ4n) is 5.43. The number of imidazole rings is 1. The van der Waals surface area contributed by atoms with Crippen molar-refractivity contribution in [2.75, 3.05) is 30.0 Å². The van der Waals surface area contributed by atoms with Gasteiger partial charge in [0.1, 0.15) is 11.6 Å². The number of aliphatic carboxylic acids is 3. The molecule has 2 amide bonds. The number of aryl methyl sites for hydroxylation is 1. The predicted octanol–water partition coefficient (Wildman–Crippen LogP) is 4.57. The first-order valence-electron chi connectivity index (χ1n) is 18.7. The molecule has 0 atom stereocenters. The quantitative estimate of drug-likeness (QED) is 0.0291. The summed E-state index contributed by atoms with van der Waals surface area (Å²) in [7, 11) is 1.93. The molecule has 0 bridgehead atoms. The summed E-state index contributed by atoms with van der Waals surface area (Å²) in [5, 5.41) is 41.1. The molecule has 0 aliphatic rings. The van der Waals surface area contributed by atoms with E-state index in [-0.39, 0.29) is 31.4 Å². The largest absolute Gasteiger partial charge is 0.481 e. The van der Waals surface area contributed by atoms with Gasteiger partial charge in [-0.2, -0.15) is 5.10 Å². The number of carboxylic acids is 3. The Morgan fingerprint density at radius 3 is 2.24 bits per heavy atom. The minimum atomic E-state index is -2.74. The molecule has 0 aliphatic heterocycles. The minimum absolute atomic E-state index is 0.0519. The fraction of sp³-hybridized carbons (Fsp3) is 0.375. The standard InChI is InChI=1S/C34H41N7O5.C6H8O7/c1-4-6-7-10-21-46-34(44)39-37-23-25-12-15-27(16-13-25)36-24-31-38-28-22-26(14-17-29(28)40(31)3)33(43)41(20-18-32(42)45-5-2)30-11-8-9-19-35-30;7-3(8)1-6(13,5(11)12)2-4(9)10/h8-9,11-17,19,22-23,36H,4-7,10,18,20-21,24H2,1-3H3,(H,39,44);13H,1-2H2,(H,7,8)(H,9,10)(H,11,12). The maximum Gasteiger partial charge on any atom is 0.427 e. The monoisotopic (exact) mass is 819 g/mol. The third-order valence-corrected chi connectivity index (χ3v) is 8.48. The molecule has 0 saturated carbocycles. The van der Waals surface area contributed by atoms with Gasteiger partial charge in [0.05, 0.1) is 56.3 Å². The Hall–Kier alpha value is -6.89. The van der Waals surface area contributed by atoms with E-state index >= 15 is 0 Å². The summed E-state index contributed by atoms with van der Waals surface area (Å²) in [6.07, 6.45) is 4.50. The van der Waals surface area contributed by atoms with Crippen molar-refractivity contribution in [3.8, 4) is 0 Å². The molecule has 0 spiro atoms. The van der Waals surface area contributed by atoms with Crippen molar-refractivity contribution < 1.29 is 58.7 Å². The molecular weight excluding hydrogens is 770 g/mol. The number of hydrogen-bond donors (Lipinski definition) is 6. The Balaban J connectivity index is 0.000000615. The highest BCUT2D eigenvalue weighted by Gasteiger charge is 2.40. The number of carbonyl (C=O) groups excluding carboxylic acids is 3. The molecule has 4 aromatic rings. The summed E-state index contributed by atoms with van der Waals surface area (Å²) < 4.78 is 12.1. The number of pyridine rings is 1. The van der Waals surface area contributed by atoms with Crippen LogP contribution < -0.4 is 15.6 Å². The van der Waals surface area contributed by atoms with Crippen LogP contribution in [0.2, 0.25) is 0 Å². The molecule has 2 aromatic carbocycles. The Kier molecular flexibility index (Phi) is 18.4. The van der Waals surface area contributed by atoms with Crippen molar-refractivity contribution in [2.24, 2.45) is 12.1 Å². The van der Waals surface area contributed by atoms with Crippen LogP contribution in [0.5, 0.6) is 0 Å². The molecule has 19 nitrogen and oxygen atoms in total. The number of anilines is 2. The number of rotatable bonds is 21. The maximum atomic E-state index is 13.6. The normalized spacial score (nSPS) is 11.0. The van der Waals surface area contributed by atoms with Gasteiger partial charge in [-0.25, -0.2) is 25.0 Å². The molecule has 59 heavy (non-hydrogen) atoms. The summed E-state index contributed by atoms with van der Waals surface area (Å²) in [5.74, 6) is -4.44.